The molecule has 22 heavy (non-hydrogen) atoms. The Kier molecular flexibility index (Phi) is 4.09. The highest BCUT2D eigenvalue weighted by Crippen LogP contribution is 2.29. The van der Waals surface area contributed by atoms with Gasteiger partial charge in [-0.25, -0.2) is 4.39 Å². The fourth-order valence-corrected chi connectivity index (χ4v) is 2.88. The van der Waals surface area contributed by atoms with E-state index in [1.807, 2.05) is 6.07 Å². The van der Waals surface area contributed by atoms with Crippen LogP contribution in [0.2, 0.25) is 0 Å². The Morgan fingerprint density at radius 1 is 1.41 bits per heavy atom. The van der Waals surface area contributed by atoms with E-state index in [0.717, 1.165) is 6.42 Å². The topological polar surface area (TPSA) is 66.3 Å². The Hall–Kier alpha value is -2.37. The SMILES string of the molecule is O=C(CCc1cc(=O)[nH]o1)N1CC[C@@H](c2ccccc2F)C1. The second-order valence-electron chi connectivity index (χ2n) is 5.53. The molecule has 1 aliphatic rings. The van der Waals surface area contributed by atoms with Crippen LogP contribution in [0.3, 0.4) is 0 Å². The fourth-order valence-electron chi connectivity index (χ4n) is 2.88. The molecule has 0 bridgehead atoms. The summed E-state index contributed by atoms with van der Waals surface area (Å²) in [7, 11) is 0. The molecule has 0 unspecified atom stereocenters. The number of hydrogen-bond donors (Lipinski definition) is 1. The monoisotopic (exact) mass is 304 g/mol. The van der Waals surface area contributed by atoms with Crippen molar-refractivity contribution in [1.82, 2.24) is 10.1 Å². The third-order valence-corrected chi connectivity index (χ3v) is 4.05. The Morgan fingerprint density at radius 2 is 2.23 bits per heavy atom. The third-order valence-electron chi connectivity index (χ3n) is 4.05. The Bertz CT molecular complexity index is 722. The summed E-state index contributed by atoms with van der Waals surface area (Å²) < 4.78 is 18.7. The van der Waals surface area contributed by atoms with Crippen molar-refractivity contribution in [2.24, 2.45) is 0 Å². The minimum Gasteiger partial charge on any atom is -0.384 e. The van der Waals surface area contributed by atoms with Gasteiger partial charge in [0.1, 0.15) is 11.6 Å². The molecular formula is C16H17FN2O3. The molecule has 0 radical (unpaired) electrons. The van der Waals surface area contributed by atoms with Gasteiger partial charge < -0.3 is 9.42 Å². The second kappa shape index (κ2) is 6.17. The van der Waals surface area contributed by atoms with Crippen molar-refractivity contribution in [3.8, 4) is 0 Å². The summed E-state index contributed by atoms with van der Waals surface area (Å²) in [5, 5.41) is 2.20. The van der Waals surface area contributed by atoms with Gasteiger partial charge in [0.05, 0.1) is 0 Å². The maximum absolute atomic E-state index is 13.8. The van der Waals surface area contributed by atoms with Crippen LogP contribution in [0.5, 0.6) is 0 Å². The number of carbonyl (C=O) groups is 1. The second-order valence-corrected chi connectivity index (χ2v) is 5.53. The first-order valence-corrected chi connectivity index (χ1v) is 7.33. The van der Waals surface area contributed by atoms with E-state index >= 15 is 0 Å². The van der Waals surface area contributed by atoms with Crippen LogP contribution in [-0.4, -0.2) is 29.1 Å². The molecule has 1 aromatic carbocycles. The molecule has 2 aromatic rings. The molecule has 2 heterocycles. The highest BCUT2D eigenvalue weighted by molar-refractivity contribution is 5.76. The molecule has 1 amide bonds. The minimum absolute atomic E-state index is 0.00249. The number of H-pyrrole nitrogens is 1. The maximum Gasteiger partial charge on any atom is 0.280 e. The van der Waals surface area contributed by atoms with E-state index in [-0.39, 0.29) is 29.6 Å². The van der Waals surface area contributed by atoms with Crippen molar-refractivity contribution in [2.75, 3.05) is 13.1 Å². The van der Waals surface area contributed by atoms with E-state index in [0.29, 0.717) is 30.8 Å². The Morgan fingerprint density at radius 3 is 2.95 bits per heavy atom. The van der Waals surface area contributed by atoms with Crippen molar-refractivity contribution in [2.45, 2.75) is 25.2 Å². The molecule has 3 rings (SSSR count). The number of aryl methyl sites for hydroxylation is 1. The summed E-state index contributed by atoms with van der Waals surface area (Å²) in [6, 6.07) is 8.06. The molecule has 0 aliphatic carbocycles. The number of rotatable bonds is 4. The predicted octanol–water partition coefficient (Wildman–Crippen LogP) is 2.06. The molecule has 1 aliphatic heterocycles. The standard InChI is InChI=1S/C16H17FN2O3/c17-14-4-2-1-3-13(14)11-7-8-19(10-11)16(21)6-5-12-9-15(20)18-22-12/h1-4,9,11H,5-8,10H2,(H,18,20)/t11-/m1/s1. The maximum atomic E-state index is 13.8. The molecule has 1 N–H and O–H groups in total. The van der Waals surface area contributed by atoms with Gasteiger partial charge in [0.25, 0.3) is 5.56 Å². The van der Waals surface area contributed by atoms with E-state index in [9.17, 15) is 14.0 Å². The van der Waals surface area contributed by atoms with Crippen LogP contribution in [0.25, 0.3) is 0 Å². The van der Waals surface area contributed by atoms with Crippen LogP contribution in [-0.2, 0) is 11.2 Å². The zero-order valence-electron chi connectivity index (χ0n) is 12.0. The van der Waals surface area contributed by atoms with Crippen LogP contribution in [0.1, 0.15) is 30.1 Å². The molecule has 5 nitrogen and oxygen atoms in total. The van der Waals surface area contributed by atoms with Crippen molar-refractivity contribution in [3.63, 3.8) is 0 Å². The smallest absolute Gasteiger partial charge is 0.280 e. The van der Waals surface area contributed by atoms with Crippen LogP contribution in [0.15, 0.2) is 39.6 Å². The molecule has 1 saturated heterocycles. The van der Waals surface area contributed by atoms with Gasteiger partial charge in [0.2, 0.25) is 5.91 Å². The van der Waals surface area contributed by atoms with Gasteiger partial charge >= 0.3 is 0 Å². The zero-order chi connectivity index (χ0) is 15.5. The number of amides is 1. The number of likely N-dealkylation sites (tertiary alicyclic amines) is 1. The lowest BCUT2D eigenvalue weighted by atomic mass is 9.98. The lowest BCUT2D eigenvalue weighted by Crippen LogP contribution is -2.28. The first-order chi connectivity index (χ1) is 10.6. The first kappa shape index (κ1) is 14.6. The van der Waals surface area contributed by atoms with Gasteiger partial charge in [0.15, 0.2) is 0 Å². The quantitative estimate of drug-likeness (QED) is 0.940. The molecule has 1 atom stereocenters. The minimum atomic E-state index is -0.303. The molecule has 0 saturated carbocycles. The summed E-state index contributed by atoms with van der Waals surface area (Å²) in [5.41, 5.74) is 0.373. The molecule has 0 spiro atoms. The molecule has 116 valence electrons. The van der Waals surface area contributed by atoms with E-state index in [1.54, 1.807) is 17.0 Å². The highest BCUT2D eigenvalue weighted by atomic mass is 19.1. The number of nitrogens with zero attached hydrogens (tertiary/aromatic N) is 1. The number of aromatic amines is 1. The lowest BCUT2D eigenvalue weighted by Gasteiger charge is -2.16. The number of aromatic nitrogens is 1. The van der Waals surface area contributed by atoms with E-state index < -0.39 is 0 Å². The molecular weight excluding hydrogens is 287 g/mol. The van der Waals surface area contributed by atoms with Gasteiger partial charge in [0, 0.05) is 37.9 Å². The number of benzene rings is 1. The molecule has 1 fully saturated rings. The van der Waals surface area contributed by atoms with Gasteiger partial charge in [-0.1, -0.05) is 18.2 Å². The summed E-state index contributed by atoms with van der Waals surface area (Å²) in [6.07, 6.45) is 1.44. The van der Waals surface area contributed by atoms with E-state index in [4.69, 9.17) is 4.52 Å². The van der Waals surface area contributed by atoms with Gasteiger partial charge in [-0.15, -0.1) is 0 Å². The van der Waals surface area contributed by atoms with E-state index in [1.165, 1.54) is 12.1 Å². The van der Waals surface area contributed by atoms with Crippen LogP contribution in [0.4, 0.5) is 4.39 Å². The zero-order valence-corrected chi connectivity index (χ0v) is 12.0. The number of nitrogens with one attached hydrogen (secondary N) is 1. The molecule has 1 aromatic heterocycles. The number of hydrogen-bond acceptors (Lipinski definition) is 3. The summed E-state index contributed by atoms with van der Waals surface area (Å²) in [5.74, 6) is 0.317. The van der Waals surface area contributed by atoms with Crippen molar-refractivity contribution in [1.29, 1.82) is 0 Å². The van der Waals surface area contributed by atoms with Crippen molar-refractivity contribution >= 4 is 5.91 Å². The third kappa shape index (κ3) is 3.10. The highest BCUT2D eigenvalue weighted by Gasteiger charge is 2.28. The van der Waals surface area contributed by atoms with Gasteiger partial charge in [-0.2, -0.15) is 5.16 Å². The molecule has 6 heteroatoms. The van der Waals surface area contributed by atoms with Crippen LogP contribution >= 0.6 is 0 Å². The number of halogens is 1. The summed E-state index contributed by atoms with van der Waals surface area (Å²) >= 11 is 0. The predicted molar refractivity (Wildman–Crippen MR) is 78.0 cm³/mol. The normalized spacial score (nSPS) is 17.9. The van der Waals surface area contributed by atoms with Gasteiger partial charge in [-0.05, 0) is 18.1 Å². The fraction of sp³-hybridized carbons (Fsp3) is 0.375. The summed E-state index contributed by atoms with van der Waals surface area (Å²) in [6.45, 7) is 1.17. The van der Waals surface area contributed by atoms with Crippen LogP contribution < -0.4 is 5.56 Å². The van der Waals surface area contributed by atoms with Crippen molar-refractivity contribution < 1.29 is 13.7 Å². The van der Waals surface area contributed by atoms with E-state index in [2.05, 4.69) is 5.16 Å². The lowest BCUT2D eigenvalue weighted by molar-refractivity contribution is -0.130. The Balaban J connectivity index is 1.57. The van der Waals surface area contributed by atoms with Gasteiger partial charge in [-0.3, -0.25) is 9.59 Å². The average molecular weight is 304 g/mol. The average Bonchev–Trinajstić information content (AvgIpc) is 3.14. The number of carbonyl (C=O) groups excluding carboxylic acids is 1. The van der Waals surface area contributed by atoms with Crippen LogP contribution in [0, 0.1) is 5.82 Å². The van der Waals surface area contributed by atoms with Crippen molar-refractivity contribution in [3.05, 3.63) is 57.8 Å². The first-order valence-electron chi connectivity index (χ1n) is 7.33. The largest absolute Gasteiger partial charge is 0.384 e. The summed E-state index contributed by atoms with van der Waals surface area (Å²) in [4.78, 5) is 24.9. The Labute approximate surface area is 126 Å².